The van der Waals surface area contributed by atoms with Crippen LogP contribution in [-0.4, -0.2) is 18.8 Å². The van der Waals surface area contributed by atoms with E-state index in [4.69, 9.17) is 9.47 Å². The second-order valence-electron chi connectivity index (χ2n) is 7.14. The van der Waals surface area contributed by atoms with Crippen LogP contribution in [0.3, 0.4) is 0 Å². The number of rotatable bonds is 3. The average Bonchev–Trinajstić information content (AvgIpc) is 3.20. The van der Waals surface area contributed by atoms with Crippen molar-refractivity contribution >= 4 is 10.9 Å². The van der Waals surface area contributed by atoms with Gasteiger partial charge in [-0.25, -0.2) is 4.39 Å². The quantitative estimate of drug-likeness (QED) is 0.403. The molecule has 0 amide bonds. The fourth-order valence-corrected chi connectivity index (χ4v) is 4.48. The second kappa shape index (κ2) is 6.13. The number of para-hydroxylation sites is 1. The number of aryl methyl sites for hydroxylation is 1. The van der Waals surface area contributed by atoms with Crippen LogP contribution in [0.25, 0.3) is 22.0 Å². The maximum atomic E-state index is 14.3. The Bertz CT molecular complexity index is 1220. The summed E-state index contributed by atoms with van der Waals surface area (Å²) in [5, 5.41) is 1.17. The van der Waals surface area contributed by atoms with Gasteiger partial charge < -0.3 is 14.0 Å². The molecule has 4 heteroatoms. The predicted molar refractivity (Wildman–Crippen MR) is 109 cm³/mol. The van der Waals surface area contributed by atoms with Crippen LogP contribution in [-0.2, 0) is 0 Å². The van der Waals surface area contributed by atoms with E-state index in [1.807, 2.05) is 30.3 Å². The maximum absolute atomic E-state index is 14.3. The molecule has 4 aromatic rings. The fourth-order valence-electron chi connectivity index (χ4n) is 4.48. The molecule has 0 aliphatic heterocycles. The van der Waals surface area contributed by atoms with E-state index >= 15 is 0 Å². The first-order chi connectivity index (χ1) is 13.6. The summed E-state index contributed by atoms with van der Waals surface area (Å²) in [6.07, 6.45) is 0. The summed E-state index contributed by atoms with van der Waals surface area (Å²) >= 11 is 0. The third-order valence-corrected chi connectivity index (χ3v) is 5.64. The molecule has 1 aliphatic carbocycles. The van der Waals surface area contributed by atoms with Crippen molar-refractivity contribution in [3.8, 4) is 22.6 Å². The van der Waals surface area contributed by atoms with Crippen molar-refractivity contribution in [2.45, 2.75) is 13.0 Å². The van der Waals surface area contributed by atoms with Crippen molar-refractivity contribution in [3.63, 3.8) is 0 Å². The highest BCUT2D eigenvalue weighted by Crippen LogP contribution is 2.52. The van der Waals surface area contributed by atoms with Crippen LogP contribution in [0, 0.1) is 12.7 Å². The van der Waals surface area contributed by atoms with Gasteiger partial charge >= 0.3 is 0 Å². The van der Waals surface area contributed by atoms with Crippen LogP contribution in [0.4, 0.5) is 4.39 Å². The highest BCUT2D eigenvalue weighted by molar-refractivity contribution is 5.86. The molecule has 1 aliphatic rings. The number of halogens is 1. The number of fused-ring (bicyclic) bond motifs is 4. The summed E-state index contributed by atoms with van der Waals surface area (Å²) in [5.74, 6) is 1.23. The summed E-state index contributed by atoms with van der Waals surface area (Å²) in [6.45, 7) is 2.09. The van der Waals surface area contributed by atoms with E-state index in [1.165, 1.54) is 11.5 Å². The largest absolute Gasteiger partial charge is 0.497 e. The third-order valence-electron chi connectivity index (χ3n) is 5.64. The van der Waals surface area contributed by atoms with Crippen LogP contribution in [0.5, 0.6) is 11.5 Å². The topological polar surface area (TPSA) is 23.4 Å². The Morgan fingerprint density at radius 2 is 1.71 bits per heavy atom. The molecule has 0 spiro atoms. The number of nitrogens with zero attached hydrogens (tertiary/aromatic N) is 1. The van der Waals surface area contributed by atoms with Crippen LogP contribution < -0.4 is 9.47 Å². The Balaban J connectivity index is 1.89. The number of benzene rings is 3. The molecular formula is C24H20FNO2. The maximum Gasteiger partial charge on any atom is 0.128 e. The molecule has 0 N–H and O–H groups in total. The van der Waals surface area contributed by atoms with Crippen molar-refractivity contribution in [3.05, 3.63) is 83.3 Å². The van der Waals surface area contributed by atoms with Gasteiger partial charge in [0, 0.05) is 22.8 Å². The van der Waals surface area contributed by atoms with Gasteiger partial charge in [-0.1, -0.05) is 24.3 Å². The lowest BCUT2D eigenvalue weighted by Crippen LogP contribution is -2.12. The number of aromatic nitrogens is 1. The molecule has 140 valence electrons. The SMILES string of the molecule is COc1cc(OC)c2c(c1)-c1ccc(F)cc1C2n1c(C)cc2ccccc21. The standard InChI is InChI=1S/C24H20FNO2/c1-14-10-15-6-4-5-7-21(15)26(14)24-20-11-16(25)8-9-18(20)19-12-17(27-2)13-22(28-3)23(19)24/h4-13,24H,1-3H3. The van der Waals surface area contributed by atoms with Crippen LogP contribution >= 0.6 is 0 Å². The Morgan fingerprint density at radius 1 is 0.893 bits per heavy atom. The van der Waals surface area contributed by atoms with E-state index in [0.29, 0.717) is 0 Å². The van der Waals surface area contributed by atoms with E-state index in [1.54, 1.807) is 20.3 Å². The first-order valence-electron chi connectivity index (χ1n) is 9.24. The van der Waals surface area contributed by atoms with E-state index in [0.717, 1.165) is 45.0 Å². The van der Waals surface area contributed by atoms with Gasteiger partial charge in [0.1, 0.15) is 17.3 Å². The van der Waals surface area contributed by atoms with Gasteiger partial charge in [-0.15, -0.1) is 0 Å². The first-order valence-corrected chi connectivity index (χ1v) is 9.24. The van der Waals surface area contributed by atoms with E-state index in [-0.39, 0.29) is 11.9 Å². The number of hydrogen-bond acceptors (Lipinski definition) is 2. The lowest BCUT2D eigenvalue weighted by molar-refractivity contribution is 0.389. The Hall–Kier alpha value is -3.27. The molecule has 1 aromatic heterocycles. The molecule has 0 bridgehead atoms. The van der Waals surface area contributed by atoms with Crippen molar-refractivity contribution < 1.29 is 13.9 Å². The van der Waals surface area contributed by atoms with E-state index in [9.17, 15) is 4.39 Å². The minimum atomic E-state index is -0.239. The summed E-state index contributed by atoms with van der Waals surface area (Å²) in [5.41, 5.74) is 6.24. The zero-order chi connectivity index (χ0) is 19.4. The van der Waals surface area contributed by atoms with Gasteiger partial charge in [0.15, 0.2) is 0 Å². The highest BCUT2D eigenvalue weighted by Gasteiger charge is 2.35. The van der Waals surface area contributed by atoms with Gasteiger partial charge in [-0.3, -0.25) is 0 Å². The molecule has 0 saturated carbocycles. The van der Waals surface area contributed by atoms with Crippen molar-refractivity contribution in [1.82, 2.24) is 4.57 Å². The monoisotopic (exact) mass is 373 g/mol. The molecule has 0 radical (unpaired) electrons. The molecular weight excluding hydrogens is 353 g/mol. The smallest absolute Gasteiger partial charge is 0.128 e. The predicted octanol–water partition coefficient (Wildman–Crippen LogP) is 5.72. The number of hydrogen-bond donors (Lipinski definition) is 0. The van der Waals surface area contributed by atoms with Gasteiger partial charge in [0.25, 0.3) is 0 Å². The Morgan fingerprint density at radius 3 is 2.50 bits per heavy atom. The zero-order valence-electron chi connectivity index (χ0n) is 16.0. The molecule has 28 heavy (non-hydrogen) atoms. The molecule has 0 fully saturated rings. The normalized spacial score (nSPS) is 14.8. The van der Waals surface area contributed by atoms with Gasteiger partial charge in [-0.2, -0.15) is 0 Å². The van der Waals surface area contributed by atoms with E-state index < -0.39 is 0 Å². The van der Waals surface area contributed by atoms with Crippen molar-refractivity contribution in [2.24, 2.45) is 0 Å². The number of ether oxygens (including phenoxy) is 2. The van der Waals surface area contributed by atoms with Crippen LogP contribution in [0.2, 0.25) is 0 Å². The second-order valence-corrected chi connectivity index (χ2v) is 7.14. The van der Waals surface area contributed by atoms with E-state index in [2.05, 4.69) is 29.7 Å². The van der Waals surface area contributed by atoms with Crippen LogP contribution in [0.15, 0.2) is 60.7 Å². The fraction of sp³-hybridized carbons (Fsp3) is 0.167. The molecule has 1 atom stereocenters. The summed E-state index contributed by atoms with van der Waals surface area (Å²) in [7, 11) is 3.30. The number of methoxy groups -OCH3 is 2. The summed E-state index contributed by atoms with van der Waals surface area (Å²) in [6, 6.07) is 19.2. The molecule has 1 unspecified atom stereocenters. The average molecular weight is 373 g/mol. The molecule has 1 heterocycles. The minimum absolute atomic E-state index is 0.165. The molecule has 0 saturated heterocycles. The van der Waals surface area contributed by atoms with Crippen molar-refractivity contribution in [1.29, 1.82) is 0 Å². The Labute approximate surface area is 162 Å². The third kappa shape index (κ3) is 2.27. The first kappa shape index (κ1) is 16.9. The lowest BCUT2D eigenvalue weighted by atomic mass is 10.0. The summed E-state index contributed by atoms with van der Waals surface area (Å²) in [4.78, 5) is 0. The Kier molecular flexibility index (Phi) is 3.69. The van der Waals surface area contributed by atoms with Crippen molar-refractivity contribution in [2.75, 3.05) is 14.2 Å². The molecule has 5 rings (SSSR count). The molecule has 3 aromatic carbocycles. The lowest BCUT2D eigenvalue weighted by Gasteiger charge is -2.22. The minimum Gasteiger partial charge on any atom is -0.497 e. The van der Waals surface area contributed by atoms with Crippen LogP contribution in [0.1, 0.15) is 22.9 Å². The van der Waals surface area contributed by atoms with Gasteiger partial charge in [0.2, 0.25) is 0 Å². The van der Waals surface area contributed by atoms with Gasteiger partial charge in [-0.05, 0) is 59.3 Å². The molecule has 3 nitrogen and oxygen atoms in total. The highest BCUT2D eigenvalue weighted by atomic mass is 19.1. The summed E-state index contributed by atoms with van der Waals surface area (Å²) < 4.78 is 27.8. The zero-order valence-corrected chi connectivity index (χ0v) is 16.0. The van der Waals surface area contributed by atoms with Gasteiger partial charge in [0.05, 0.1) is 20.3 Å².